The SMILES string of the molecule is CCN1/C(=C/C=C/C=C/C=C/C2=[N+](CCCCCC(=O)O)c3ccc4c(S(=O)(=O)[O-])cc(S(=O)(=O)[O-])cc4c3C2(C)CCOCCOCCOC)C(C)(CCCS(=O)(=O)[O-])c2c1ccc1c(S(=O)(=O)[O-])cc(S(=O)(=O)[O-])cc21. The summed E-state index contributed by atoms with van der Waals surface area (Å²) in [5, 5.41) is 8.95. The number of hydrogen-bond donors (Lipinski definition) is 1. The van der Waals surface area contributed by atoms with E-state index in [0.29, 0.717) is 73.0 Å². The molecule has 4 aromatic rings. The highest BCUT2D eigenvalue weighted by Gasteiger charge is 2.49. The van der Waals surface area contributed by atoms with Crippen molar-refractivity contribution >= 4 is 95.2 Å². The summed E-state index contributed by atoms with van der Waals surface area (Å²) in [5.74, 6) is -1.75. The lowest BCUT2D eigenvalue weighted by Crippen LogP contribution is -2.33. The van der Waals surface area contributed by atoms with Crippen LogP contribution in [0.3, 0.4) is 0 Å². The lowest BCUT2D eigenvalue weighted by atomic mass is 9.75. The number of ether oxygens (including phenoxy) is 3. The molecule has 0 amide bonds. The second-order valence-corrected chi connectivity index (χ2v) is 25.9. The molecule has 1 N–H and O–H groups in total. The van der Waals surface area contributed by atoms with Crippen LogP contribution in [0, 0.1) is 0 Å². The average Bonchev–Trinajstić information content (AvgIpc) is 4.00. The fourth-order valence-corrected chi connectivity index (χ4v) is 13.5. The molecule has 2 atom stereocenters. The van der Waals surface area contributed by atoms with Crippen LogP contribution in [0.2, 0.25) is 0 Å². The number of aliphatic carboxylic acids is 1. The highest BCUT2D eigenvalue weighted by molar-refractivity contribution is 7.87. The second kappa shape index (κ2) is 24.6. The number of anilines is 1. The third kappa shape index (κ3) is 14.2. The van der Waals surface area contributed by atoms with E-state index in [1.54, 1.807) is 67.3 Å². The Balaban J connectivity index is 1.45. The van der Waals surface area contributed by atoms with Crippen LogP contribution in [0.4, 0.5) is 11.4 Å². The van der Waals surface area contributed by atoms with Gasteiger partial charge < -0.3 is 47.0 Å². The van der Waals surface area contributed by atoms with Crippen molar-refractivity contribution in [3.63, 3.8) is 0 Å². The zero-order valence-electron chi connectivity index (χ0n) is 42.9. The first-order valence-electron chi connectivity index (χ1n) is 24.4. The minimum Gasteiger partial charge on any atom is -0.748 e. The maximum atomic E-state index is 12.7. The lowest BCUT2D eigenvalue weighted by Gasteiger charge is -2.30. The van der Waals surface area contributed by atoms with Crippen LogP contribution >= 0.6 is 0 Å². The van der Waals surface area contributed by atoms with Crippen molar-refractivity contribution in [1.29, 1.82) is 0 Å². The number of likely N-dealkylation sites (N-methyl/N-ethyl adjacent to an activating group) is 1. The van der Waals surface area contributed by atoms with Crippen LogP contribution < -0.4 is 4.90 Å². The minimum absolute atomic E-state index is 0.0200. The van der Waals surface area contributed by atoms with Crippen molar-refractivity contribution in [2.24, 2.45) is 0 Å². The van der Waals surface area contributed by atoms with E-state index >= 15 is 0 Å². The summed E-state index contributed by atoms with van der Waals surface area (Å²) in [7, 11) is -24.5. The standard InChI is InChI=1S/C51H62N2O20S5/c1-5-52-41-20-18-37-39(31-35(75(59,60)61)33-43(37)77(65,66)67)48(41)50(2,22-14-30-74(56,57)58)45(52)15-10-7-6-8-11-16-46-51(3,23-25-72-28-29-73-27-26-71-4)49-40-32-36(76(62,63)64)34-44(78(68,69)70)38(40)19-21-42(49)53(46)24-13-9-12-17-47(54)55/h6-8,10-11,15-16,18-21,31-34H,5,9,12-14,17,22-30H2,1-4H3,(H5-,54,55,56,57,58,59,60,61,62,63,64,65,66,67,68,69,70)/p-4. The van der Waals surface area contributed by atoms with E-state index in [-0.39, 0.29) is 85.7 Å². The summed E-state index contributed by atoms with van der Waals surface area (Å²) in [4.78, 5) is 9.38. The molecule has 0 spiro atoms. The van der Waals surface area contributed by atoms with Crippen molar-refractivity contribution < 1.29 is 93.5 Å². The van der Waals surface area contributed by atoms with E-state index < -0.39 is 92.7 Å². The molecule has 0 saturated carbocycles. The molecule has 2 heterocycles. The number of carboxylic acids is 1. The normalized spacial score (nSPS) is 19.0. The number of carboxylic acid groups (broad SMARTS) is 1. The number of hydrogen-bond acceptors (Lipinski definition) is 20. The molecule has 0 fully saturated rings. The maximum absolute atomic E-state index is 12.7. The van der Waals surface area contributed by atoms with Gasteiger partial charge in [0.05, 0.1) is 61.5 Å². The number of nitrogens with zero attached hydrogens (tertiary/aromatic N) is 2. The molecule has 2 aliphatic rings. The van der Waals surface area contributed by atoms with Gasteiger partial charge >= 0.3 is 5.97 Å². The predicted molar refractivity (Wildman–Crippen MR) is 281 cm³/mol. The summed E-state index contributed by atoms with van der Waals surface area (Å²) < 4.78 is 204. The van der Waals surface area contributed by atoms with Gasteiger partial charge in [0.25, 0.3) is 0 Å². The van der Waals surface area contributed by atoms with Gasteiger partial charge in [-0.25, -0.2) is 42.1 Å². The van der Waals surface area contributed by atoms with Crippen molar-refractivity contribution in [2.75, 3.05) is 63.9 Å². The van der Waals surface area contributed by atoms with Crippen molar-refractivity contribution in [3.05, 3.63) is 108 Å². The highest BCUT2D eigenvalue weighted by atomic mass is 32.2. The number of allylic oxidation sites excluding steroid dienone is 8. The minimum atomic E-state index is -5.35. The molecule has 78 heavy (non-hydrogen) atoms. The molecule has 0 aromatic heterocycles. The Hall–Kier alpha value is -5.27. The number of rotatable bonds is 28. The summed E-state index contributed by atoms with van der Waals surface area (Å²) in [5.41, 5.74) is 0.286. The summed E-state index contributed by atoms with van der Waals surface area (Å²) in [6.07, 6.45) is 12.9. The molecule has 0 radical (unpaired) electrons. The molecule has 0 saturated heterocycles. The zero-order chi connectivity index (χ0) is 57.6. The van der Waals surface area contributed by atoms with E-state index in [9.17, 15) is 74.8 Å². The monoisotopic (exact) mass is 1180 g/mol. The Morgan fingerprint density at radius 3 is 1.73 bits per heavy atom. The van der Waals surface area contributed by atoms with Gasteiger partial charge in [-0.3, -0.25) is 4.79 Å². The van der Waals surface area contributed by atoms with E-state index in [4.69, 9.17) is 14.2 Å². The van der Waals surface area contributed by atoms with Crippen molar-refractivity contribution in [3.8, 4) is 0 Å². The Morgan fingerprint density at radius 2 is 1.18 bits per heavy atom. The van der Waals surface area contributed by atoms with E-state index in [0.717, 1.165) is 12.1 Å². The van der Waals surface area contributed by atoms with Gasteiger partial charge in [-0.2, -0.15) is 4.58 Å². The Labute approximate surface area is 454 Å². The molecule has 2 unspecified atom stereocenters. The van der Waals surface area contributed by atoms with Crippen molar-refractivity contribution in [2.45, 2.75) is 96.1 Å². The van der Waals surface area contributed by atoms with Gasteiger partial charge in [-0.05, 0) is 117 Å². The van der Waals surface area contributed by atoms with Gasteiger partial charge in [0.1, 0.15) is 47.0 Å². The molecule has 426 valence electrons. The average molecular weight is 1180 g/mol. The summed E-state index contributed by atoms with van der Waals surface area (Å²) >= 11 is 0. The molecule has 6 rings (SSSR count). The van der Waals surface area contributed by atoms with Crippen LogP contribution in [-0.2, 0) is 80.4 Å². The zero-order valence-corrected chi connectivity index (χ0v) is 47.0. The lowest BCUT2D eigenvalue weighted by molar-refractivity contribution is -0.438. The summed E-state index contributed by atoms with van der Waals surface area (Å²) in [6.45, 7) is 6.99. The molecule has 2 aliphatic heterocycles. The number of benzene rings is 4. The Kier molecular flexibility index (Phi) is 19.5. The number of unbranched alkanes of at least 4 members (excludes halogenated alkanes) is 2. The Morgan fingerprint density at radius 1 is 0.628 bits per heavy atom. The van der Waals surface area contributed by atoms with E-state index in [2.05, 4.69) is 0 Å². The van der Waals surface area contributed by atoms with Crippen LogP contribution in [0.5, 0.6) is 0 Å². The van der Waals surface area contributed by atoms with E-state index in [1.807, 2.05) is 11.5 Å². The molecule has 4 aromatic carbocycles. The van der Waals surface area contributed by atoms with Gasteiger partial charge in [-0.1, -0.05) is 36.4 Å². The van der Waals surface area contributed by atoms with Gasteiger partial charge in [0, 0.05) is 78.7 Å². The number of carbonyl (C=O) groups is 1. The topological polar surface area (TPSA) is 357 Å². The first-order valence-corrected chi connectivity index (χ1v) is 31.6. The largest absolute Gasteiger partial charge is 0.748 e. The van der Waals surface area contributed by atoms with Gasteiger partial charge in [0.2, 0.25) is 5.69 Å². The first-order chi connectivity index (χ1) is 36.4. The van der Waals surface area contributed by atoms with Gasteiger partial charge in [0.15, 0.2) is 5.71 Å². The van der Waals surface area contributed by atoms with Crippen molar-refractivity contribution in [1.82, 2.24) is 0 Å². The third-order valence-corrected chi connectivity index (χ3v) is 17.9. The Bertz CT molecular complexity index is 3720. The van der Waals surface area contributed by atoms with Crippen LogP contribution in [0.15, 0.2) is 116 Å². The van der Waals surface area contributed by atoms with Crippen LogP contribution in [-0.4, -0.2) is 145 Å². The second-order valence-electron chi connectivity index (χ2n) is 18.9. The quantitative estimate of drug-likeness (QED) is 0.0324. The summed E-state index contributed by atoms with van der Waals surface area (Å²) in [6, 6.07) is 8.86. The van der Waals surface area contributed by atoms with Gasteiger partial charge in [-0.15, -0.1) is 0 Å². The van der Waals surface area contributed by atoms with Crippen LogP contribution in [0.25, 0.3) is 21.5 Å². The fourth-order valence-electron chi connectivity index (χ4n) is 10.3. The molecule has 22 nitrogen and oxygen atoms in total. The molecular formula is C51H58N2O20S5-4. The third-order valence-electron chi connectivity index (χ3n) is 13.8. The highest BCUT2D eigenvalue weighted by Crippen LogP contribution is 2.54. The molecule has 27 heteroatoms. The number of fused-ring (bicyclic) bond motifs is 6. The number of methoxy groups -OCH3 is 1. The van der Waals surface area contributed by atoms with Crippen LogP contribution in [0.1, 0.15) is 76.8 Å². The first kappa shape index (κ1) is 61.9. The molecule has 0 bridgehead atoms. The van der Waals surface area contributed by atoms with E-state index in [1.165, 1.54) is 25.3 Å². The predicted octanol–water partition coefficient (Wildman–Crippen LogP) is 5.36. The molecular weight excluding hydrogens is 1120 g/mol. The smallest absolute Gasteiger partial charge is 0.303 e. The maximum Gasteiger partial charge on any atom is 0.303 e. The fraction of sp³-hybridized carbons (Fsp3) is 0.412. The molecule has 0 aliphatic carbocycles.